The number of nitrogens with two attached hydrogens (primary N) is 1. The lowest BCUT2D eigenvalue weighted by Crippen LogP contribution is -2.27. The van der Waals surface area contributed by atoms with Gasteiger partial charge in [0.25, 0.3) is 5.91 Å². The van der Waals surface area contributed by atoms with Crippen LogP contribution in [0.1, 0.15) is 61.8 Å². The number of nitrogens with one attached hydrogen (secondary N) is 1. The van der Waals surface area contributed by atoms with E-state index >= 15 is 0 Å². The van der Waals surface area contributed by atoms with Crippen molar-refractivity contribution in [1.82, 2.24) is 0 Å². The lowest BCUT2D eigenvalue weighted by Gasteiger charge is -2.33. The summed E-state index contributed by atoms with van der Waals surface area (Å²) < 4.78 is 0. The minimum absolute atomic E-state index is 0.0755. The van der Waals surface area contributed by atoms with Gasteiger partial charge in [0.15, 0.2) is 0 Å². The first kappa shape index (κ1) is 17.0. The molecule has 0 spiro atoms. The molecular formula is C17H26N2O2S. The van der Waals surface area contributed by atoms with Gasteiger partial charge in [-0.3, -0.25) is 9.59 Å². The van der Waals surface area contributed by atoms with E-state index in [2.05, 4.69) is 26.1 Å². The molecular weight excluding hydrogens is 296 g/mol. The first-order valence-electron chi connectivity index (χ1n) is 7.86. The van der Waals surface area contributed by atoms with Crippen LogP contribution in [-0.4, -0.2) is 11.8 Å². The summed E-state index contributed by atoms with van der Waals surface area (Å²) in [6.45, 7) is 10.4. The van der Waals surface area contributed by atoms with E-state index in [0.717, 1.165) is 24.8 Å². The van der Waals surface area contributed by atoms with Gasteiger partial charge in [-0.15, -0.1) is 11.3 Å². The van der Waals surface area contributed by atoms with Crippen LogP contribution in [0.15, 0.2) is 0 Å². The Morgan fingerprint density at radius 1 is 1.32 bits per heavy atom. The number of fused-ring (bicyclic) bond motifs is 1. The fourth-order valence-electron chi connectivity index (χ4n) is 2.93. The summed E-state index contributed by atoms with van der Waals surface area (Å²) in [5.74, 6) is -0.0468. The Bertz CT molecular complexity index is 597. The van der Waals surface area contributed by atoms with E-state index in [1.165, 1.54) is 16.2 Å². The summed E-state index contributed by atoms with van der Waals surface area (Å²) in [5.41, 5.74) is 7.40. The molecule has 1 aromatic heterocycles. The second-order valence-electron chi connectivity index (χ2n) is 7.52. The molecule has 0 radical (unpaired) electrons. The summed E-state index contributed by atoms with van der Waals surface area (Å²) in [6, 6.07) is 0. The lowest BCUT2D eigenvalue weighted by atomic mass is 9.72. The Labute approximate surface area is 136 Å². The van der Waals surface area contributed by atoms with E-state index in [-0.39, 0.29) is 17.2 Å². The lowest BCUT2D eigenvalue weighted by molar-refractivity contribution is -0.118. The molecule has 1 heterocycles. The topological polar surface area (TPSA) is 72.2 Å². The maximum absolute atomic E-state index is 12.0. The number of amides is 2. The van der Waals surface area contributed by atoms with Crippen molar-refractivity contribution in [1.29, 1.82) is 0 Å². The van der Waals surface area contributed by atoms with Crippen molar-refractivity contribution in [2.45, 2.75) is 53.9 Å². The van der Waals surface area contributed by atoms with Crippen LogP contribution in [0.5, 0.6) is 0 Å². The Morgan fingerprint density at radius 3 is 2.45 bits per heavy atom. The molecule has 5 heteroatoms. The summed E-state index contributed by atoms with van der Waals surface area (Å²) in [7, 11) is 0. The number of carbonyl (C=O) groups excluding carboxylic acids is 2. The Morgan fingerprint density at radius 2 is 1.95 bits per heavy atom. The van der Waals surface area contributed by atoms with Gasteiger partial charge in [-0.2, -0.15) is 0 Å². The van der Waals surface area contributed by atoms with E-state index in [4.69, 9.17) is 5.73 Å². The van der Waals surface area contributed by atoms with Crippen molar-refractivity contribution in [3.05, 3.63) is 16.0 Å². The molecule has 2 amide bonds. The van der Waals surface area contributed by atoms with E-state index in [1.54, 1.807) is 0 Å². The van der Waals surface area contributed by atoms with Crippen LogP contribution < -0.4 is 11.1 Å². The quantitative estimate of drug-likeness (QED) is 0.892. The zero-order chi connectivity index (χ0) is 16.7. The van der Waals surface area contributed by atoms with Crippen LogP contribution >= 0.6 is 11.3 Å². The molecule has 0 saturated carbocycles. The van der Waals surface area contributed by atoms with Gasteiger partial charge >= 0.3 is 0 Å². The predicted molar refractivity (Wildman–Crippen MR) is 91.3 cm³/mol. The monoisotopic (exact) mass is 322 g/mol. The van der Waals surface area contributed by atoms with Crippen LogP contribution in [0.4, 0.5) is 5.00 Å². The van der Waals surface area contributed by atoms with Gasteiger partial charge in [0, 0.05) is 10.8 Å². The van der Waals surface area contributed by atoms with Crippen LogP contribution in [0.2, 0.25) is 0 Å². The van der Waals surface area contributed by atoms with Gasteiger partial charge in [0.1, 0.15) is 5.00 Å². The Hall–Kier alpha value is -1.36. The zero-order valence-corrected chi connectivity index (χ0v) is 14.9. The van der Waals surface area contributed by atoms with Crippen molar-refractivity contribution < 1.29 is 9.59 Å². The molecule has 0 fully saturated rings. The standard InChI is InChI=1S/C17H26N2O2S/c1-9(2)15(21)19-16-13(14(18)20)11-7-6-10(17(3,4)5)8-12(11)22-16/h9-10H,6-8H2,1-5H3,(H2,18,20)(H,19,21)/t10-/m1/s1. The number of primary amides is 1. The van der Waals surface area contributed by atoms with Gasteiger partial charge in [0.2, 0.25) is 5.91 Å². The second-order valence-corrected chi connectivity index (χ2v) is 8.63. The van der Waals surface area contributed by atoms with Crippen LogP contribution in [0.3, 0.4) is 0 Å². The molecule has 1 atom stereocenters. The number of hydrogen-bond acceptors (Lipinski definition) is 3. The third-order valence-electron chi connectivity index (χ3n) is 4.50. The van der Waals surface area contributed by atoms with Crippen LogP contribution in [-0.2, 0) is 17.6 Å². The third-order valence-corrected chi connectivity index (χ3v) is 5.67. The maximum atomic E-state index is 12.0. The highest BCUT2D eigenvalue weighted by Crippen LogP contribution is 2.44. The highest BCUT2D eigenvalue weighted by atomic mass is 32.1. The van der Waals surface area contributed by atoms with Gasteiger partial charge in [-0.25, -0.2) is 0 Å². The van der Waals surface area contributed by atoms with Crippen molar-refractivity contribution in [2.24, 2.45) is 23.0 Å². The first-order valence-corrected chi connectivity index (χ1v) is 8.68. The highest BCUT2D eigenvalue weighted by Gasteiger charge is 2.33. The van der Waals surface area contributed by atoms with Gasteiger partial charge in [-0.05, 0) is 36.2 Å². The zero-order valence-electron chi connectivity index (χ0n) is 14.1. The molecule has 2 rings (SSSR count). The molecule has 0 saturated heterocycles. The summed E-state index contributed by atoms with van der Waals surface area (Å²) in [4.78, 5) is 25.0. The summed E-state index contributed by atoms with van der Waals surface area (Å²) >= 11 is 1.52. The summed E-state index contributed by atoms with van der Waals surface area (Å²) in [5, 5.41) is 3.51. The largest absolute Gasteiger partial charge is 0.365 e. The fraction of sp³-hybridized carbons (Fsp3) is 0.647. The van der Waals surface area contributed by atoms with Crippen molar-refractivity contribution in [3.63, 3.8) is 0 Å². The maximum Gasteiger partial charge on any atom is 0.251 e. The second kappa shape index (κ2) is 6.03. The molecule has 0 unspecified atom stereocenters. The average Bonchev–Trinajstić information content (AvgIpc) is 2.74. The number of hydrogen-bond donors (Lipinski definition) is 2. The van der Waals surface area contributed by atoms with Gasteiger partial charge in [-0.1, -0.05) is 34.6 Å². The minimum atomic E-state index is -0.439. The number of anilines is 1. The Balaban J connectivity index is 2.36. The normalized spacial score (nSPS) is 18.2. The van der Waals surface area contributed by atoms with Gasteiger partial charge in [0.05, 0.1) is 5.56 Å². The number of thiophene rings is 1. The van der Waals surface area contributed by atoms with Crippen molar-refractivity contribution >= 4 is 28.2 Å². The Kier molecular flexibility index (Phi) is 4.66. The van der Waals surface area contributed by atoms with Crippen LogP contribution in [0.25, 0.3) is 0 Å². The van der Waals surface area contributed by atoms with E-state index in [1.807, 2.05) is 13.8 Å². The van der Waals surface area contributed by atoms with E-state index in [0.29, 0.717) is 16.5 Å². The first-order chi connectivity index (χ1) is 10.1. The molecule has 4 nitrogen and oxygen atoms in total. The molecule has 22 heavy (non-hydrogen) atoms. The summed E-state index contributed by atoms with van der Waals surface area (Å²) in [6.07, 6.45) is 2.88. The average molecular weight is 322 g/mol. The van der Waals surface area contributed by atoms with Crippen molar-refractivity contribution in [2.75, 3.05) is 5.32 Å². The molecule has 122 valence electrons. The fourth-order valence-corrected chi connectivity index (χ4v) is 4.27. The number of carbonyl (C=O) groups is 2. The van der Waals surface area contributed by atoms with Crippen LogP contribution in [0, 0.1) is 17.3 Å². The van der Waals surface area contributed by atoms with E-state index in [9.17, 15) is 9.59 Å². The molecule has 1 aromatic rings. The molecule has 0 aliphatic heterocycles. The molecule has 1 aliphatic carbocycles. The molecule has 0 aromatic carbocycles. The molecule has 0 bridgehead atoms. The van der Waals surface area contributed by atoms with E-state index < -0.39 is 5.91 Å². The molecule has 1 aliphatic rings. The smallest absolute Gasteiger partial charge is 0.251 e. The number of rotatable bonds is 3. The highest BCUT2D eigenvalue weighted by molar-refractivity contribution is 7.17. The third kappa shape index (κ3) is 3.35. The minimum Gasteiger partial charge on any atom is -0.365 e. The SMILES string of the molecule is CC(C)C(=O)Nc1sc2c(c1C(N)=O)CC[C@@H](C(C)(C)C)C2. The van der Waals surface area contributed by atoms with Gasteiger partial charge < -0.3 is 11.1 Å². The van der Waals surface area contributed by atoms with Crippen molar-refractivity contribution in [3.8, 4) is 0 Å². The predicted octanol–water partition coefficient (Wildman–Crippen LogP) is 3.59. The molecule has 3 N–H and O–H groups in total.